The Morgan fingerprint density at radius 1 is 0.900 bits per heavy atom. The van der Waals surface area contributed by atoms with Gasteiger partial charge < -0.3 is 33.6 Å². The highest BCUT2D eigenvalue weighted by molar-refractivity contribution is 5.96. The molecule has 2 rings (SSSR count). The molecule has 2 aromatic rings. The third-order valence-electron chi connectivity index (χ3n) is 6.81. The monoisotopic (exact) mass is 550 g/mol. The molecular weight excluding hydrogens is 508 g/mol. The Morgan fingerprint density at radius 3 is 2.08 bits per heavy atom. The molecule has 3 atom stereocenters. The molecular formula is C29H42N8O3. The number of hydrogen-bond acceptors (Lipinski definition) is 5. The summed E-state index contributed by atoms with van der Waals surface area (Å²) < 4.78 is 0. The fourth-order valence-corrected chi connectivity index (χ4v) is 4.39. The zero-order valence-corrected chi connectivity index (χ0v) is 23.3. The van der Waals surface area contributed by atoms with E-state index in [2.05, 4.69) is 15.6 Å². The molecule has 11 heteroatoms. The second-order valence-corrected chi connectivity index (χ2v) is 10.1. The number of hydrogen-bond donors (Lipinski definition) is 7. The van der Waals surface area contributed by atoms with Crippen molar-refractivity contribution < 1.29 is 14.4 Å². The molecule has 0 aliphatic carbocycles. The van der Waals surface area contributed by atoms with Gasteiger partial charge in [0.1, 0.15) is 17.9 Å². The van der Waals surface area contributed by atoms with Crippen LogP contribution >= 0.6 is 0 Å². The first-order chi connectivity index (χ1) is 19.0. The van der Waals surface area contributed by atoms with Gasteiger partial charge in [0.2, 0.25) is 17.7 Å². The molecule has 3 amide bonds. The van der Waals surface area contributed by atoms with Gasteiger partial charge in [-0.2, -0.15) is 0 Å². The van der Waals surface area contributed by atoms with Crippen LogP contribution in [0.15, 0.2) is 59.6 Å². The van der Waals surface area contributed by atoms with E-state index in [0.717, 1.165) is 17.5 Å². The van der Waals surface area contributed by atoms with E-state index in [4.69, 9.17) is 28.3 Å². The zero-order valence-electron chi connectivity index (χ0n) is 23.3. The lowest BCUT2D eigenvalue weighted by Crippen LogP contribution is -2.56. The average Bonchev–Trinajstić information content (AvgIpc) is 2.92. The SMILES string of the molecule is CCCC[C@H](NC(=O)C(C)(Cc1ccc(C(=N)N)cc1)c1ccccc1)C(=O)N[C@@H](CCCN=C(N)N)C(N)=O. The topological polar surface area (TPSA) is 216 Å². The minimum Gasteiger partial charge on any atom is -0.384 e. The Morgan fingerprint density at radius 2 is 1.52 bits per heavy atom. The Kier molecular flexibility index (Phi) is 12.1. The lowest BCUT2D eigenvalue weighted by molar-refractivity contribution is -0.133. The van der Waals surface area contributed by atoms with Crippen molar-refractivity contribution in [1.29, 1.82) is 5.41 Å². The molecule has 11 nitrogen and oxygen atoms in total. The van der Waals surface area contributed by atoms with Crippen LogP contribution in [-0.4, -0.2) is 48.1 Å². The minimum atomic E-state index is -1.02. The predicted molar refractivity (Wildman–Crippen MR) is 157 cm³/mol. The van der Waals surface area contributed by atoms with Crippen LogP contribution in [0.25, 0.3) is 0 Å². The number of guanidine groups is 1. The molecule has 2 aromatic carbocycles. The van der Waals surface area contributed by atoms with E-state index in [1.54, 1.807) is 12.1 Å². The van der Waals surface area contributed by atoms with Gasteiger partial charge >= 0.3 is 0 Å². The molecule has 0 aliphatic heterocycles. The number of aliphatic imine (C=N–C) groups is 1. The molecule has 0 fully saturated rings. The molecule has 0 aromatic heterocycles. The normalized spacial score (nSPS) is 13.8. The number of rotatable bonds is 16. The number of amides is 3. The van der Waals surface area contributed by atoms with E-state index in [1.165, 1.54) is 0 Å². The first-order valence-electron chi connectivity index (χ1n) is 13.4. The molecule has 0 radical (unpaired) electrons. The first-order valence-corrected chi connectivity index (χ1v) is 13.4. The quantitative estimate of drug-likeness (QED) is 0.0924. The van der Waals surface area contributed by atoms with Gasteiger partial charge in [0.05, 0.1) is 5.41 Å². The molecule has 0 saturated carbocycles. The number of carbonyl (C=O) groups excluding carboxylic acids is 3. The summed E-state index contributed by atoms with van der Waals surface area (Å²) in [5.41, 5.74) is 23.0. The van der Waals surface area contributed by atoms with Gasteiger partial charge in [-0.25, -0.2) is 0 Å². The Labute approximate surface area is 235 Å². The van der Waals surface area contributed by atoms with E-state index in [-0.39, 0.29) is 24.1 Å². The molecule has 11 N–H and O–H groups in total. The molecule has 0 aliphatic rings. The second kappa shape index (κ2) is 15.2. The van der Waals surface area contributed by atoms with E-state index in [9.17, 15) is 14.4 Å². The summed E-state index contributed by atoms with van der Waals surface area (Å²) in [6.07, 6.45) is 2.94. The number of nitrogens with two attached hydrogens (primary N) is 4. The highest BCUT2D eigenvalue weighted by Crippen LogP contribution is 2.29. The lowest BCUT2D eigenvalue weighted by atomic mass is 9.76. The van der Waals surface area contributed by atoms with Crippen molar-refractivity contribution in [2.75, 3.05) is 6.54 Å². The zero-order chi connectivity index (χ0) is 29.7. The van der Waals surface area contributed by atoms with Crippen molar-refractivity contribution >= 4 is 29.5 Å². The summed E-state index contributed by atoms with van der Waals surface area (Å²) in [5.74, 6) is -1.58. The van der Waals surface area contributed by atoms with Crippen LogP contribution in [0, 0.1) is 5.41 Å². The van der Waals surface area contributed by atoms with E-state index >= 15 is 0 Å². The van der Waals surface area contributed by atoms with Crippen LogP contribution in [0.2, 0.25) is 0 Å². The van der Waals surface area contributed by atoms with Crippen molar-refractivity contribution in [3.05, 3.63) is 71.3 Å². The average molecular weight is 551 g/mol. The standard InChI is InChI=1S/C29H42N8O3/c1-3-4-11-23(26(39)36-22(25(32)38)12-8-17-35-28(33)34)37-27(40)29(2,21-9-6-5-7-10-21)18-19-13-15-20(16-14-19)24(30)31/h5-7,9-10,13-16,22-23H,3-4,8,11-12,17-18H2,1-2H3,(H3,30,31)(H2,32,38)(H,36,39)(H,37,40)(H4,33,34,35)/t22-,23-,29?/m0/s1. The predicted octanol–water partition coefficient (Wildman–Crippen LogP) is 1.17. The summed E-state index contributed by atoms with van der Waals surface area (Å²) in [6.45, 7) is 4.12. The number of unbranched alkanes of at least 4 members (excludes halogenated alkanes) is 1. The third kappa shape index (κ3) is 9.40. The second-order valence-electron chi connectivity index (χ2n) is 10.1. The molecule has 40 heavy (non-hydrogen) atoms. The number of benzene rings is 2. The number of amidine groups is 1. The highest BCUT2D eigenvalue weighted by Gasteiger charge is 2.38. The summed E-state index contributed by atoms with van der Waals surface area (Å²) in [5, 5.41) is 13.3. The number of nitrogens with zero attached hydrogens (tertiary/aromatic N) is 1. The molecule has 216 valence electrons. The molecule has 0 bridgehead atoms. The number of nitrogens with one attached hydrogen (secondary N) is 3. The summed E-state index contributed by atoms with van der Waals surface area (Å²) in [6, 6.07) is 14.7. The summed E-state index contributed by atoms with van der Waals surface area (Å²) in [4.78, 5) is 43.2. The molecule has 1 unspecified atom stereocenters. The van der Waals surface area contributed by atoms with Gasteiger partial charge in [-0.1, -0.05) is 74.4 Å². The van der Waals surface area contributed by atoms with Crippen molar-refractivity contribution in [1.82, 2.24) is 10.6 Å². The molecule has 0 saturated heterocycles. The minimum absolute atomic E-state index is 0.0367. The van der Waals surface area contributed by atoms with Crippen molar-refractivity contribution in [2.45, 2.75) is 69.9 Å². The van der Waals surface area contributed by atoms with Crippen LogP contribution in [0.1, 0.15) is 62.6 Å². The summed E-state index contributed by atoms with van der Waals surface area (Å²) in [7, 11) is 0. The smallest absolute Gasteiger partial charge is 0.243 e. The van der Waals surface area contributed by atoms with Gasteiger partial charge in [-0.3, -0.25) is 24.8 Å². The Balaban J connectivity index is 2.28. The molecule has 0 heterocycles. The van der Waals surface area contributed by atoms with Gasteiger partial charge in [-0.15, -0.1) is 0 Å². The van der Waals surface area contributed by atoms with Crippen LogP contribution in [0.3, 0.4) is 0 Å². The third-order valence-corrected chi connectivity index (χ3v) is 6.81. The summed E-state index contributed by atoms with van der Waals surface area (Å²) >= 11 is 0. The van der Waals surface area contributed by atoms with Crippen LogP contribution in [0.4, 0.5) is 0 Å². The first kappa shape index (κ1) is 31.8. The number of carbonyl (C=O) groups is 3. The Hall–Kier alpha value is -4.41. The van der Waals surface area contributed by atoms with Gasteiger partial charge in [0, 0.05) is 12.1 Å². The molecule has 0 spiro atoms. The van der Waals surface area contributed by atoms with E-state index in [0.29, 0.717) is 37.8 Å². The maximum atomic E-state index is 13.9. The lowest BCUT2D eigenvalue weighted by Gasteiger charge is -2.32. The Bertz CT molecular complexity index is 1180. The maximum absolute atomic E-state index is 13.9. The van der Waals surface area contributed by atoms with Crippen LogP contribution in [0.5, 0.6) is 0 Å². The highest BCUT2D eigenvalue weighted by atomic mass is 16.2. The fourth-order valence-electron chi connectivity index (χ4n) is 4.39. The van der Waals surface area contributed by atoms with E-state index < -0.39 is 29.3 Å². The van der Waals surface area contributed by atoms with Gasteiger partial charge in [0.15, 0.2) is 5.96 Å². The number of primary amides is 1. The van der Waals surface area contributed by atoms with Gasteiger partial charge in [0.25, 0.3) is 0 Å². The maximum Gasteiger partial charge on any atom is 0.243 e. The largest absolute Gasteiger partial charge is 0.384 e. The fraction of sp³-hybridized carbons (Fsp3) is 0.414. The van der Waals surface area contributed by atoms with Crippen LogP contribution in [-0.2, 0) is 26.2 Å². The van der Waals surface area contributed by atoms with Crippen molar-refractivity contribution in [3.8, 4) is 0 Å². The van der Waals surface area contributed by atoms with Crippen molar-refractivity contribution in [3.63, 3.8) is 0 Å². The van der Waals surface area contributed by atoms with E-state index in [1.807, 2.05) is 56.3 Å². The van der Waals surface area contributed by atoms with Gasteiger partial charge in [-0.05, 0) is 43.7 Å². The van der Waals surface area contributed by atoms with Crippen molar-refractivity contribution in [2.24, 2.45) is 27.9 Å². The number of nitrogen functional groups attached to an aromatic ring is 1. The van der Waals surface area contributed by atoms with Crippen LogP contribution < -0.4 is 33.6 Å².